The number of nitrogens with one attached hydrogen (secondary N) is 1. The first kappa shape index (κ1) is 16.9. The van der Waals surface area contributed by atoms with E-state index in [-0.39, 0.29) is 5.91 Å². The Hall–Kier alpha value is -1.95. The van der Waals surface area contributed by atoms with Gasteiger partial charge in [-0.25, -0.2) is 9.97 Å². The zero-order chi connectivity index (χ0) is 16.9. The Morgan fingerprint density at radius 2 is 1.79 bits per heavy atom. The molecule has 6 heteroatoms. The summed E-state index contributed by atoms with van der Waals surface area (Å²) in [5.41, 5.74) is 2.33. The fourth-order valence-corrected chi connectivity index (χ4v) is 3.38. The van der Waals surface area contributed by atoms with Crippen LogP contribution in [-0.4, -0.2) is 29.0 Å². The Labute approximate surface area is 150 Å². The third-order valence-electron chi connectivity index (χ3n) is 4.16. The Morgan fingerprint density at radius 3 is 2.42 bits per heavy atom. The van der Waals surface area contributed by atoms with E-state index in [1.54, 1.807) is 12.4 Å². The predicted molar refractivity (Wildman–Crippen MR) is 99.5 cm³/mol. The van der Waals surface area contributed by atoms with Gasteiger partial charge in [-0.2, -0.15) is 0 Å². The van der Waals surface area contributed by atoms with Crippen LogP contribution in [0.25, 0.3) is 0 Å². The molecule has 1 aliphatic rings. The molecule has 3 rings (SSSR count). The highest BCUT2D eigenvalue weighted by Gasteiger charge is 2.14. The SMILES string of the molecule is Cc1ccc(NC(=O)c2cnc(N3CCCCCC3)nc2)c(Br)c1. The van der Waals surface area contributed by atoms with E-state index in [4.69, 9.17) is 0 Å². The molecule has 0 bridgehead atoms. The van der Waals surface area contributed by atoms with E-state index in [2.05, 4.69) is 36.1 Å². The van der Waals surface area contributed by atoms with Crippen molar-refractivity contribution in [3.8, 4) is 0 Å². The standard InChI is InChI=1S/C18H21BrN4O/c1-13-6-7-16(15(19)10-13)22-17(24)14-11-20-18(21-12-14)23-8-4-2-3-5-9-23/h6-7,10-12H,2-5,8-9H2,1H3,(H,22,24). The van der Waals surface area contributed by atoms with Crippen molar-refractivity contribution < 1.29 is 4.79 Å². The minimum absolute atomic E-state index is 0.207. The van der Waals surface area contributed by atoms with Gasteiger partial charge in [0.15, 0.2) is 0 Å². The number of nitrogens with zero attached hydrogens (tertiary/aromatic N) is 3. The number of anilines is 2. The normalized spacial score (nSPS) is 15.0. The summed E-state index contributed by atoms with van der Waals surface area (Å²) in [5.74, 6) is 0.506. The van der Waals surface area contributed by atoms with Crippen LogP contribution in [0, 0.1) is 6.92 Å². The first-order chi connectivity index (χ1) is 11.6. The van der Waals surface area contributed by atoms with Crippen molar-refractivity contribution in [2.75, 3.05) is 23.3 Å². The number of amides is 1. The van der Waals surface area contributed by atoms with E-state index in [0.717, 1.165) is 28.8 Å². The summed E-state index contributed by atoms with van der Waals surface area (Å²) in [7, 11) is 0. The van der Waals surface area contributed by atoms with Crippen molar-refractivity contribution in [3.05, 3.63) is 46.2 Å². The van der Waals surface area contributed by atoms with Crippen LogP contribution in [0.15, 0.2) is 35.1 Å². The Balaban J connectivity index is 1.69. The van der Waals surface area contributed by atoms with Gasteiger partial charge in [0.05, 0.1) is 11.3 Å². The minimum atomic E-state index is -0.207. The number of aryl methyl sites for hydroxylation is 1. The molecule has 1 amide bonds. The molecule has 24 heavy (non-hydrogen) atoms. The van der Waals surface area contributed by atoms with E-state index in [0.29, 0.717) is 11.5 Å². The highest BCUT2D eigenvalue weighted by molar-refractivity contribution is 9.10. The molecular formula is C18H21BrN4O. The van der Waals surface area contributed by atoms with Gasteiger partial charge in [0.25, 0.3) is 5.91 Å². The molecule has 0 radical (unpaired) electrons. The van der Waals surface area contributed by atoms with Crippen molar-refractivity contribution in [2.45, 2.75) is 32.6 Å². The lowest BCUT2D eigenvalue weighted by atomic mass is 10.2. The fraction of sp³-hybridized carbons (Fsp3) is 0.389. The molecule has 1 aromatic carbocycles. The van der Waals surface area contributed by atoms with Crippen molar-refractivity contribution >= 4 is 33.5 Å². The molecule has 0 unspecified atom stereocenters. The number of halogens is 1. The number of hydrogen-bond acceptors (Lipinski definition) is 4. The highest BCUT2D eigenvalue weighted by atomic mass is 79.9. The highest BCUT2D eigenvalue weighted by Crippen LogP contribution is 2.24. The van der Waals surface area contributed by atoms with E-state index in [1.807, 2.05) is 25.1 Å². The van der Waals surface area contributed by atoms with Gasteiger partial charge in [-0.3, -0.25) is 4.79 Å². The van der Waals surface area contributed by atoms with E-state index in [9.17, 15) is 4.79 Å². The molecule has 1 aromatic heterocycles. The summed E-state index contributed by atoms with van der Waals surface area (Å²) in [6.45, 7) is 3.98. The summed E-state index contributed by atoms with van der Waals surface area (Å²) in [5, 5.41) is 2.88. The Kier molecular flexibility index (Phi) is 5.45. The monoisotopic (exact) mass is 388 g/mol. The lowest BCUT2D eigenvalue weighted by Crippen LogP contribution is -2.26. The maximum absolute atomic E-state index is 12.4. The van der Waals surface area contributed by atoms with E-state index >= 15 is 0 Å². The van der Waals surface area contributed by atoms with E-state index < -0.39 is 0 Å². The molecule has 5 nitrogen and oxygen atoms in total. The molecular weight excluding hydrogens is 368 g/mol. The third kappa shape index (κ3) is 4.12. The quantitative estimate of drug-likeness (QED) is 0.856. The summed E-state index contributed by atoms with van der Waals surface area (Å²) in [6, 6.07) is 5.80. The van der Waals surface area contributed by atoms with Crippen LogP contribution < -0.4 is 10.2 Å². The summed E-state index contributed by atoms with van der Waals surface area (Å²) < 4.78 is 0.859. The molecule has 0 aliphatic carbocycles. The van der Waals surface area contributed by atoms with Crippen LogP contribution in [0.3, 0.4) is 0 Å². The minimum Gasteiger partial charge on any atom is -0.341 e. The van der Waals surface area contributed by atoms with Gasteiger partial charge in [-0.15, -0.1) is 0 Å². The average molecular weight is 389 g/mol. The topological polar surface area (TPSA) is 58.1 Å². The van der Waals surface area contributed by atoms with Gasteiger partial charge < -0.3 is 10.2 Å². The van der Waals surface area contributed by atoms with Crippen LogP contribution in [0.5, 0.6) is 0 Å². The predicted octanol–water partition coefficient (Wildman–Crippen LogP) is 4.18. The first-order valence-corrected chi connectivity index (χ1v) is 9.07. The second kappa shape index (κ2) is 7.75. The number of carbonyl (C=O) groups is 1. The molecule has 0 saturated carbocycles. The molecule has 0 spiro atoms. The van der Waals surface area contributed by atoms with Crippen LogP contribution in [0.2, 0.25) is 0 Å². The number of rotatable bonds is 3. The van der Waals surface area contributed by atoms with Crippen LogP contribution in [0.4, 0.5) is 11.6 Å². The summed E-state index contributed by atoms with van der Waals surface area (Å²) in [6.07, 6.45) is 8.08. The molecule has 1 fully saturated rings. The third-order valence-corrected chi connectivity index (χ3v) is 4.82. The largest absolute Gasteiger partial charge is 0.341 e. The maximum Gasteiger partial charge on any atom is 0.258 e. The number of hydrogen-bond donors (Lipinski definition) is 1. The van der Waals surface area contributed by atoms with Gasteiger partial charge in [0.2, 0.25) is 5.95 Å². The molecule has 126 valence electrons. The van der Waals surface area contributed by atoms with Crippen molar-refractivity contribution in [1.82, 2.24) is 9.97 Å². The van der Waals surface area contributed by atoms with Gasteiger partial charge in [0.1, 0.15) is 0 Å². The van der Waals surface area contributed by atoms with Gasteiger partial charge in [-0.1, -0.05) is 18.9 Å². The molecule has 2 aromatic rings. The number of carbonyl (C=O) groups excluding carboxylic acids is 1. The Bertz CT molecular complexity index is 709. The Morgan fingerprint density at radius 1 is 1.12 bits per heavy atom. The van der Waals surface area contributed by atoms with Crippen LogP contribution >= 0.6 is 15.9 Å². The summed E-state index contributed by atoms with van der Waals surface area (Å²) in [4.78, 5) is 23.3. The molecule has 1 N–H and O–H groups in total. The van der Waals surface area contributed by atoms with E-state index in [1.165, 1.54) is 25.7 Å². The second-order valence-corrected chi connectivity index (χ2v) is 6.96. The smallest absolute Gasteiger partial charge is 0.258 e. The van der Waals surface area contributed by atoms with Crippen molar-refractivity contribution in [3.63, 3.8) is 0 Å². The fourth-order valence-electron chi connectivity index (χ4n) is 2.79. The molecule has 0 atom stereocenters. The maximum atomic E-state index is 12.4. The second-order valence-electron chi connectivity index (χ2n) is 6.11. The van der Waals surface area contributed by atoms with Crippen LogP contribution in [0.1, 0.15) is 41.6 Å². The van der Waals surface area contributed by atoms with Crippen molar-refractivity contribution in [1.29, 1.82) is 0 Å². The van der Waals surface area contributed by atoms with Gasteiger partial charge in [-0.05, 0) is 53.4 Å². The van der Waals surface area contributed by atoms with Crippen LogP contribution in [-0.2, 0) is 0 Å². The lowest BCUT2D eigenvalue weighted by Gasteiger charge is -2.19. The van der Waals surface area contributed by atoms with Crippen molar-refractivity contribution in [2.24, 2.45) is 0 Å². The average Bonchev–Trinajstić information content (AvgIpc) is 2.87. The van der Waals surface area contributed by atoms with Gasteiger partial charge in [0, 0.05) is 30.0 Å². The zero-order valence-corrected chi connectivity index (χ0v) is 15.3. The first-order valence-electron chi connectivity index (χ1n) is 8.28. The summed E-state index contributed by atoms with van der Waals surface area (Å²) >= 11 is 3.47. The number of benzene rings is 1. The molecule has 1 saturated heterocycles. The number of aromatic nitrogens is 2. The zero-order valence-electron chi connectivity index (χ0n) is 13.8. The lowest BCUT2D eigenvalue weighted by molar-refractivity contribution is 0.102. The molecule has 1 aliphatic heterocycles. The van der Waals surface area contributed by atoms with Gasteiger partial charge >= 0.3 is 0 Å². The molecule has 2 heterocycles.